The first-order chi connectivity index (χ1) is 16.4. The minimum atomic E-state index is -0.491. The van der Waals surface area contributed by atoms with E-state index in [1.165, 1.54) is 0 Å². The Kier molecular flexibility index (Phi) is 7.67. The predicted octanol–water partition coefficient (Wildman–Crippen LogP) is 6.71. The van der Waals surface area contributed by atoms with Crippen molar-refractivity contribution in [1.82, 2.24) is 9.78 Å². The average molecular weight is 521 g/mol. The average Bonchev–Trinajstić information content (AvgIpc) is 3.43. The van der Waals surface area contributed by atoms with Crippen molar-refractivity contribution in [2.75, 3.05) is 11.9 Å². The summed E-state index contributed by atoms with van der Waals surface area (Å²) in [4.78, 5) is 12.6. The smallest absolute Gasteiger partial charge is 0.292 e. The number of halogens is 3. The van der Waals surface area contributed by atoms with E-state index in [1.807, 2.05) is 19.1 Å². The Morgan fingerprint density at radius 2 is 1.65 bits per heavy atom. The number of anilines is 1. The SMILES string of the molecule is CCOc1ccc(OCc2ccc(C(=O)Nc3nn(Cc4c(Cl)cccc4Cl)cc3Cl)o2)cc1. The summed E-state index contributed by atoms with van der Waals surface area (Å²) in [5, 5.41) is 8.26. The third-order valence-corrected chi connectivity index (χ3v) is 5.72. The van der Waals surface area contributed by atoms with E-state index in [4.69, 9.17) is 48.7 Å². The van der Waals surface area contributed by atoms with Gasteiger partial charge in [-0.15, -0.1) is 0 Å². The van der Waals surface area contributed by atoms with Gasteiger partial charge in [0.1, 0.15) is 28.9 Å². The van der Waals surface area contributed by atoms with E-state index in [-0.39, 0.29) is 23.2 Å². The summed E-state index contributed by atoms with van der Waals surface area (Å²) >= 11 is 18.7. The molecule has 1 N–H and O–H groups in total. The third-order valence-electron chi connectivity index (χ3n) is 4.73. The molecule has 2 aromatic heterocycles. The van der Waals surface area contributed by atoms with Crippen LogP contribution in [0.4, 0.5) is 5.82 Å². The van der Waals surface area contributed by atoms with Crippen LogP contribution in [0.5, 0.6) is 11.5 Å². The molecular formula is C24H20Cl3N3O4. The van der Waals surface area contributed by atoms with Gasteiger partial charge in [-0.05, 0) is 55.5 Å². The van der Waals surface area contributed by atoms with Crippen LogP contribution in [-0.4, -0.2) is 22.3 Å². The Bertz CT molecular complexity index is 1260. The molecule has 0 unspecified atom stereocenters. The number of benzene rings is 2. The maximum atomic E-state index is 12.6. The minimum Gasteiger partial charge on any atom is -0.494 e. The Morgan fingerprint density at radius 1 is 0.971 bits per heavy atom. The van der Waals surface area contributed by atoms with E-state index in [9.17, 15) is 4.79 Å². The molecule has 0 atom stereocenters. The second-order valence-electron chi connectivity index (χ2n) is 7.14. The first-order valence-corrected chi connectivity index (χ1v) is 11.5. The minimum absolute atomic E-state index is 0.102. The summed E-state index contributed by atoms with van der Waals surface area (Å²) in [6.45, 7) is 2.97. The molecule has 0 aliphatic rings. The molecule has 4 rings (SSSR count). The summed E-state index contributed by atoms with van der Waals surface area (Å²) in [6.07, 6.45) is 1.58. The van der Waals surface area contributed by atoms with Crippen LogP contribution >= 0.6 is 34.8 Å². The van der Waals surface area contributed by atoms with Crippen molar-refractivity contribution in [3.8, 4) is 11.5 Å². The van der Waals surface area contributed by atoms with E-state index in [2.05, 4.69) is 10.4 Å². The first-order valence-electron chi connectivity index (χ1n) is 10.3. The lowest BCUT2D eigenvalue weighted by Gasteiger charge is -2.07. The van der Waals surface area contributed by atoms with Gasteiger partial charge in [-0.3, -0.25) is 9.48 Å². The number of ether oxygens (including phenoxy) is 2. The Hall–Kier alpha value is -3.13. The van der Waals surface area contributed by atoms with Gasteiger partial charge in [-0.1, -0.05) is 40.9 Å². The summed E-state index contributed by atoms with van der Waals surface area (Å²) < 4.78 is 18.2. The van der Waals surface area contributed by atoms with Crippen LogP contribution in [0.1, 0.15) is 28.8 Å². The lowest BCUT2D eigenvalue weighted by molar-refractivity contribution is 0.0992. The maximum absolute atomic E-state index is 12.6. The van der Waals surface area contributed by atoms with Crippen molar-refractivity contribution < 1.29 is 18.7 Å². The highest BCUT2D eigenvalue weighted by Crippen LogP contribution is 2.27. The Balaban J connectivity index is 1.36. The van der Waals surface area contributed by atoms with Gasteiger partial charge >= 0.3 is 0 Å². The van der Waals surface area contributed by atoms with E-state index in [1.54, 1.807) is 53.3 Å². The molecule has 34 heavy (non-hydrogen) atoms. The lowest BCUT2D eigenvalue weighted by atomic mass is 10.2. The number of hydrogen-bond donors (Lipinski definition) is 1. The van der Waals surface area contributed by atoms with Crippen LogP contribution in [0.15, 0.2) is 65.2 Å². The van der Waals surface area contributed by atoms with Crippen LogP contribution in [0, 0.1) is 0 Å². The number of furan rings is 1. The number of amides is 1. The van der Waals surface area contributed by atoms with Crippen molar-refractivity contribution in [2.45, 2.75) is 20.1 Å². The van der Waals surface area contributed by atoms with Gasteiger partial charge in [0.25, 0.3) is 5.91 Å². The van der Waals surface area contributed by atoms with Gasteiger partial charge in [-0.25, -0.2) is 0 Å². The number of carbonyl (C=O) groups is 1. The zero-order chi connectivity index (χ0) is 24.1. The molecule has 0 aliphatic heterocycles. The number of rotatable bonds is 9. The van der Waals surface area contributed by atoms with Crippen molar-refractivity contribution in [3.63, 3.8) is 0 Å². The van der Waals surface area contributed by atoms with Crippen LogP contribution < -0.4 is 14.8 Å². The van der Waals surface area contributed by atoms with Crippen molar-refractivity contribution in [3.05, 3.63) is 92.9 Å². The summed E-state index contributed by atoms with van der Waals surface area (Å²) in [7, 11) is 0. The molecule has 2 heterocycles. The molecule has 0 fully saturated rings. The van der Waals surface area contributed by atoms with Crippen molar-refractivity contribution in [1.29, 1.82) is 0 Å². The quantitative estimate of drug-likeness (QED) is 0.265. The first kappa shape index (κ1) is 24.0. The van der Waals surface area contributed by atoms with Crippen LogP contribution in [0.25, 0.3) is 0 Å². The molecule has 10 heteroatoms. The largest absolute Gasteiger partial charge is 0.494 e. The summed E-state index contributed by atoms with van der Waals surface area (Å²) in [5.74, 6) is 1.72. The van der Waals surface area contributed by atoms with Crippen LogP contribution in [0.3, 0.4) is 0 Å². The van der Waals surface area contributed by atoms with E-state index in [0.717, 1.165) is 5.75 Å². The predicted molar refractivity (Wildman–Crippen MR) is 131 cm³/mol. The van der Waals surface area contributed by atoms with Gasteiger partial charge in [0, 0.05) is 21.8 Å². The van der Waals surface area contributed by atoms with E-state index in [0.29, 0.717) is 40.3 Å². The van der Waals surface area contributed by atoms with Gasteiger partial charge in [0.05, 0.1) is 13.2 Å². The molecule has 176 valence electrons. The third kappa shape index (κ3) is 5.86. The van der Waals surface area contributed by atoms with E-state index >= 15 is 0 Å². The number of nitrogens with zero attached hydrogens (tertiary/aromatic N) is 2. The van der Waals surface area contributed by atoms with Gasteiger partial charge < -0.3 is 19.2 Å². The molecular weight excluding hydrogens is 501 g/mol. The normalized spacial score (nSPS) is 10.8. The molecule has 1 amide bonds. The van der Waals surface area contributed by atoms with E-state index < -0.39 is 5.91 Å². The highest BCUT2D eigenvalue weighted by atomic mass is 35.5. The van der Waals surface area contributed by atoms with Crippen molar-refractivity contribution in [2.24, 2.45) is 0 Å². The summed E-state index contributed by atoms with van der Waals surface area (Å²) in [5.41, 5.74) is 0.700. The maximum Gasteiger partial charge on any atom is 0.292 e. The number of aromatic nitrogens is 2. The second-order valence-corrected chi connectivity index (χ2v) is 8.36. The Morgan fingerprint density at radius 3 is 2.32 bits per heavy atom. The molecule has 2 aromatic carbocycles. The lowest BCUT2D eigenvalue weighted by Crippen LogP contribution is -2.12. The van der Waals surface area contributed by atoms with Gasteiger partial charge in [-0.2, -0.15) is 5.10 Å². The molecule has 0 radical (unpaired) electrons. The standard InChI is InChI=1S/C24H20Cl3N3O4/c1-2-32-15-6-8-16(9-7-15)33-14-17-10-11-22(34-17)24(31)28-23-21(27)13-30(29-23)12-18-19(25)4-3-5-20(18)26/h3-11,13H,2,12,14H2,1H3,(H,28,29,31). The molecule has 0 spiro atoms. The molecule has 0 saturated heterocycles. The highest BCUT2D eigenvalue weighted by Gasteiger charge is 2.17. The van der Waals surface area contributed by atoms with Crippen LogP contribution in [-0.2, 0) is 13.2 Å². The molecule has 0 bridgehead atoms. The molecule has 7 nitrogen and oxygen atoms in total. The zero-order valence-electron chi connectivity index (χ0n) is 18.1. The fourth-order valence-electron chi connectivity index (χ4n) is 3.11. The molecule has 0 saturated carbocycles. The zero-order valence-corrected chi connectivity index (χ0v) is 20.3. The topological polar surface area (TPSA) is 78.5 Å². The number of nitrogens with one attached hydrogen (secondary N) is 1. The number of hydrogen-bond acceptors (Lipinski definition) is 5. The Labute approximate surface area is 211 Å². The summed E-state index contributed by atoms with van der Waals surface area (Å²) in [6, 6.07) is 15.7. The van der Waals surface area contributed by atoms with Gasteiger partial charge in [0.2, 0.25) is 0 Å². The molecule has 0 aliphatic carbocycles. The van der Waals surface area contributed by atoms with Gasteiger partial charge in [0.15, 0.2) is 11.6 Å². The fourth-order valence-corrected chi connectivity index (χ4v) is 3.82. The van der Waals surface area contributed by atoms with Crippen LogP contribution in [0.2, 0.25) is 15.1 Å². The van der Waals surface area contributed by atoms with Crippen molar-refractivity contribution >= 4 is 46.5 Å². The highest BCUT2D eigenvalue weighted by molar-refractivity contribution is 6.36. The monoisotopic (exact) mass is 519 g/mol. The number of carbonyl (C=O) groups excluding carboxylic acids is 1. The fraction of sp³-hybridized carbons (Fsp3) is 0.167. The second kappa shape index (κ2) is 10.9. The molecule has 4 aromatic rings.